The molecule has 2 N–H and O–H groups in total. The molecule has 0 aromatic heterocycles. The van der Waals surface area contributed by atoms with Gasteiger partial charge in [-0.2, -0.15) is 0 Å². The molecule has 126 valence electrons. The third-order valence-electron chi connectivity index (χ3n) is 2.43. The van der Waals surface area contributed by atoms with Crippen LogP contribution in [0.5, 0.6) is 0 Å². The van der Waals surface area contributed by atoms with Crippen molar-refractivity contribution in [3.8, 4) is 0 Å². The first-order valence-electron chi connectivity index (χ1n) is 7.97. The van der Waals surface area contributed by atoms with Crippen LogP contribution in [0.2, 0.25) is 0 Å². The second-order valence-corrected chi connectivity index (χ2v) is 5.71. The summed E-state index contributed by atoms with van der Waals surface area (Å²) in [6.07, 6.45) is 7.45. The maximum absolute atomic E-state index is 11.0. The lowest BCUT2D eigenvalue weighted by Crippen LogP contribution is -2.27. The molecule has 0 aromatic rings. The highest BCUT2D eigenvalue weighted by atomic mass is 16.5. The molecule has 5 heteroatoms. The van der Waals surface area contributed by atoms with Crippen LogP contribution in [0.15, 0.2) is 0 Å². The zero-order valence-electron chi connectivity index (χ0n) is 14.2. The Balaban J connectivity index is 0. The van der Waals surface area contributed by atoms with Gasteiger partial charge in [-0.1, -0.05) is 46.5 Å². The molecular weight excluding hydrogens is 268 g/mol. The Morgan fingerprint density at radius 3 is 1.95 bits per heavy atom. The maximum Gasteiger partial charge on any atom is 0.245 e. The Kier molecular flexibility index (Phi) is 20.0. The van der Waals surface area contributed by atoms with Gasteiger partial charge in [0.2, 0.25) is 12.3 Å². The van der Waals surface area contributed by atoms with Crippen molar-refractivity contribution in [1.29, 1.82) is 0 Å². The van der Waals surface area contributed by atoms with Crippen LogP contribution in [0.25, 0.3) is 0 Å². The summed E-state index contributed by atoms with van der Waals surface area (Å²) in [7, 11) is 1.51. The zero-order chi connectivity index (χ0) is 16.3. The topological polar surface area (TPSA) is 67.4 Å². The minimum atomic E-state index is -0.0487. The molecule has 0 bridgehead atoms. The SMILES string of the molecule is CC(C)C.COCC(=O)NCCCCCCCCNC=O. The standard InChI is InChI=1S/C12H24N2O3.C4H10/c1-17-10-12(16)14-9-7-5-3-2-4-6-8-13-11-15;1-4(2)3/h11H,2-10H2,1H3,(H,13,15)(H,14,16);4H,1-3H3. The second-order valence-electron chi connectivity index (χ2n) is 5.71. The van der Waals surface area contributed by atoms with Crippen molar-refractivity contribution < 1.29 is 14.3 Å². The zero-order valence-corrected chi connectivity index (χ0v) is 14.2. The number of hydrogen-bond acceptors (Lipinski definition) is 3. The summed E-state index contributed by atoms with van der Waals surface area (Å²) in [5.74, 6) is 0.785. The Bertz CT molecular complexity index is 231. The Labute approximate surface area is 130 Å². The van der Waals surface area contributed by atoms with E-state index in [9.17, 15) is 9.59 Å². The van der Waals surface area contributed by atoms with Crippen molar-refractivity contribution in [2.75, 3.05) is 26.8 Å². The Morgan fingerprint density at radius 2 is 1.48 bits per heavy atom. The predicted molar refractivity (Wildman–Crippen MR) is 87.2 cm³/mol. The van der Waals surface area contributed by atoms with Crippen LogP contribution >= 0.6 is 0 Å². The van der Waals surface area contributed by atoms with Crippen LogP contribution in [-0.4, -0.2) is 39.1 Å². The van der Waals surface area contributed by atoms with Crippen molar-refractivity contribution >= 4 is 12.3 Å². The van der Waals surface area contributed by atoms with Crippen molar-refractivity contribution in [2.24, 2.45) is 5.92 Å². The van der Waals surface area contributed by atoms with Crippen molar-refractivity contribution in [3.05, 3.63) is 0 Å². The van der Waals surface area contributed by atoms with Gasteiger partial charge in [-0.15, -0.1) is 0 Å². The monoisotopic (exact) mass is 302 g/mol. The molecule has 0 heterocycles. The summed E-state index contributed by atoms with van der Waals surface area (Å²) in [6.45, 7) is 8.15. The summed E-state index contributed by atoms with van der Waals surface area (Å²) < 4.78 is 4.70. The average molecular weight is 302 g/mol. The lowest BCUT2D eigenvalue weighted by molar-refractivity contribution is -0.124. The second kappa shape index (κ2) is 18.9. The minimum Gasteiger partial charge on any atom is -0.375 e. The highest BCUT2D eigenvalue weighted by molar-refractivity contribution is 5.77. The Hall–Kier alpha value is -1.10. The molecule has 0 aromatic carbocycles. The van der Waals surface area contributed by atoms with Gasteiger partial charge in [0.05, 0.1) is 0 Å². The van der Waals surface area contributed by atoms with Crippen molar-refractivity contribution in [2.45, 2.75) is 59.3 Å². The van der Waals surface area contributed by atoms with Gasteiger partial charge in [-0.25, -0.2) is 0 Å². The number of nitrogens with one attached hydrogen (secondary N) is 2. The molecule has 0 atom stereocenters. The van der Waals surface area contributed by atoms with Gasteiger partial charge in [0, 0.05) is 20.2 Å². The number of carbonyl (C=O) groups is 2. The Morgan fingerprint density at radius 1 is 1.00 bits per heavy atom. The first kappa shape index (κ1) is 22.2. The van der Waals surface area contributed by atoms with E-state index in [1.807, 2.05) is 0 Å². The molecule has 2 amide bonds. The van der Waals surface area contributed by atoms with Gasteiger partial charge >= 0.3 is 0 Å². The smallest absolute Gasteiger partial charge is 0.245 e. The largest absolute Gasteiger partial charge is 0.375 e. The third-order valence-corrected chi connectivity index (χ3v) is 2.43. The van der Waals surface area contributed by atoms with Crippen molar-refractivity contribution in [3.63, 3.8) is 0 Å². The number of hydrogen-bond donors (Lipinski definition) is 2. The van der Waals surface area contributed by atoms with Gasteiger partial charge in [-0.3, -0.25) is 9.59 Å². The van der Waals surface area contributed by atoms with Crippen LogP contribution in [0, 0.1) is 5.92 Å². The first-order chi connectivity index (χ1) is 10.0. The van der Waals surface area contributed by atoms with Gasteiger partial charge in [0.1, 0.15) is 6.61 Å². The van der Waals surface area contributed by atoms with E-state index in [0.717, 1.165) is 51.1 Å². The molecule has 0 radical (unpaired) electrons. The summed E-state index contributed by atoms with van der Waals surface area (Å²) in [4.78, 5) is 21.0. The number of methoxy groups -OCH3 is 1. The van der Waals surface area contributed by atoms with Gasteiger partial charge in [0.25, 0.3) is 0 Å². The molecule has 5 nitrogen and oxygen atoms in total. The molecular formula is C16H34N2O3. The van der Waals surface area contributed by atoms with Gasteiger partial charge < -0.3 is 15.4 Å². The minimum absolute atomic E-state index is 0.0487. The summed E-state index contributed by atoms with van der Waals surface area (Å²) >= 11 is 0. The van der Waals surface area contributed by atoms with E-state index in [1.165, 1.54) is 20.0 Å². The molecule has 0 fully saturated rings. The average Bonchev–Trinajstić information content (AvgIpc) is 2.40. The molecule has 0 spiro atoms. The molecule has 0 aliphatic carbocycles. The summed E-state index contributed by atoms with van der Waals surface area (Å²) in [6, 6.07) is 0. The van der Waals surface area contributed by atoms with E-state index in [0.29, 0.717) is 0 Å². The lowest BCUT2D eigenvalue weighted by Gasteiger charge is -2.04. The van der Waals surface area contributed by atoms with Gasteiger partial charge in [-0.05, 0) is 18.8 Å². The molecule has 0 aliphatic heterocycles. The summed E-state index contributed by atoms with van der Waals surface area (Å²) in [5, 5.41) is 5.43. The maximum atomic E-state index is 11.0. The molecule has 0 saturated carbocycles. The van der Waals surface area contributed by atoms with Crippen LogP contribution < -0.4 is 10.6 Å². The summed E-state index contributed by atoms with van der Waals surface area (Å²) in [5.41, 5.74) is 0. The molecule has 0 saturated heterocycles. The fraction of sp³-hybridized carbons (Fsp3) is 0.875. The van der Waals surface area contributed by atoms with E-state index in [4.69, 9.17) is 4.74 Å². The fourth-order valence-electron chi connectivity index (χ4n) is 1.53. The molecule has 0 aliphatic rings. The molecule has 0 unspecified atom stereocenters. The fourth-order valence-corrected chi connectivity index (χ4v) is 1.53. The highest BCUT2D eigenvalue weighted by Crippen LogP contribution is 2.04. The van der Waals surface area contributed by atoms with E-state index in [1.54, 1.807) is 0 Å². The molecule has 21 heavy (non-hydrogen) atoms. The van der Waals surface area contributed by atoms with Crippen LogP contribution in [-0.2, 0) is 14.3 Å². The van der Waals surface area contributed by atoms with E-state index >= 15 is 0 Å². The lowest BCUT2D eigenvalue weighted by atomic mass is 10.1. The van der Waals surface area contributed by atoms with E-state index in [2.05, 4.69) is 31.4 Å². The quantitative estimate of drug-likeness (QED) is 0.430. The highest BCUT2D eigenvalue weighted by Gasteiger charge is 1.97. The van der Waals surface area contributed by atoms with E-state index in [-0.39, 0.29) is 12.5 Å². The number of unbranched alkanes of at least 4 members (excludes halogenated alkanes) is 5. The third kappa shape index (κ3) is 27.9. The molecule has 0 rings (SSSR count). The number of rotatable bonds is 12. The van der Waals surface area contributed by atoms with Crippen LogP contribution in [0.3, 0.4) is 0 Å². The van der Waals surface area contributed by atoms with E-state index < -0.39 is 0 Å². The van der Waals surface area contributed by atoms with Crippen LogP contribution in [0.4, 0.5) is 0 Å². The number of carbonyl (C=O) groups excluding carboxylic acids is 2. The number of ether oxygens (including phenoxy) is 1. The first-order valence-corrected chi connectivity index (χ1v) is 7.97. The van der Waals surface area contributed by atoms with Crippen molar-refractivity contribution in [1.82, 2.24) is 10.6 Å². The van der Waals surface area contributed by atoms with Crippen LogP contribution in [0.1, 0.15) is 59.3 Å². The van der Waals surface area contributed by atoms with Gasteiger partial charge in [0.15, 0.2) is 0 Å². The normalized spacial score (nSPS) is 9.76. The number of amides is 2. The predicted octanol–water partition coefficient (Wildman–Crippen LogP) is 2.50.